The van der Waals surface area contributed by atoms with Crippen LogP contribution in [0.2, 0.25) is 5.02 Å². The van der Waals surface area contributed by atoms with Gasteiger partial charge in [0.15, 0.2) is 0 Å². The number of hydrogen-bond donors (Lipinski definition) is 0. The smallest absolute Gasteiger partial charge is 0.207 e. The largest absolute Gasteiger partial charge is 0.243 e. The van der Waals surface area contributed by atoms with Crippen LogP contribution >= 0.6 is 43.5 Å². The molecule has 0 spiro atoms. The highest BCUT2D eigenvalue weighted by Crippen LogP contribution is 2.32. The minimum absolute atomic E-state index is 0.147. The van der Waals surface area contributed by atoms with Crippen molar-refractivity contribution in [2.24, 2.45) is 0 Å². The first kappa shape index (κ1) is 16.7. The van der Waals surface area contributed by atoms with Crippen molar-refractivity contribution in [1.82, 2.24) is 4.31 Å². The standard InChI is InChI=1S/C13H16Br2ClNO2S/c14-7-2-8-17(10-3-1-4-10)20(18,19)11-5-6-13(16)12(15)9-11/h5-6,9-10H,1-4,7-8H2. The van der Waals surface area contributed by atoms with Crippen LogP contribution in [0, 0.1) is 0 Å². The van der Waals surface area contributed by atoms with Crippen molar-refractivity contribution in [3.8, 4) is 0 Å². The summed E-state index contributed by atoms with van der Waals surface area (Å²) >= 11 is 12.6. The molecule has 3 nitrogen and oxygen atoms in total. The molecule has 2 rings (SSSR count). The highest BCUT2D eigenvalue weighted by Gasteiger charge is 2.34. The average Bonchev–Trinajstić information content (AvgIpc) is 2.35. The van der Waals surface area contributed by atoms with Crippen molar-refractivity contribution >= 4 is 53.5 Å². The van der Waals surface area contributed by atoms with E-state index >= 15 is 0 Å². The number of benzene rings is 1. The van der Waals surface area contributed by atoms with Crippen molar-refractivity contribution in [3.63, 3.8) is 0 Å². The number of halogens is 3. The van der Waals surface area contributed by atoms with Gasteiger partial charge in [-0.1, -0.05) is 34.0 Å². The van der Waals surface area contributed by atoms with Crippen LogP contribution in [0.4, 0.5) is 0 Å². The molecule has 0 aromatic heterocycles. The summed E-state index contributed by atoms with van der Waals surface area (Å²) in [5.41, 5.74) is 0. The third-order valence-electron chi connectivity index (χ3n) is 3.49. The third-order valence-corrected chi connectivity index (χ3v) is 7.21. The van der Waals surface area contributed by atoms with Gasteiger partial charge in [-0.25, -0.2) is 8.42 Å². The zero-order valence-electron chi connectivity index (χ0n) is 10.9. The Bertz CT molecular complexity index is 576. The highest BCUT2D eigenvalue weighted by atomic mass is 79.9. The monoisotopic (exact) mass is 443 g/mol. The van der Waals surface area contributed by atoms with Gasteiger partial charge in [0.1, 0.15) is 0 Å². The number of hydrogen-bond acceptors (Lipinski definition) is 2. The molecule has 20 heavy (non-hydrogen) atoms. The Morgan fingerprint density at radius 1 is 1.35 bits per heavy atom. The first-order valence-corrected chi connectivity index (χ1v) is 10.2. The first-order chi connectivity index (χ1) is 9.46. The molecule has 0 saturated heterocycles. The Kier molecular flexibility index (Phi) is 5.94. The third kappa shape index (κ3) is 3.58. The first-order valence-electron chi connectivity index (χ1n) is 6.49. The fraction of sp³-hybridized carbons (Fsp3) is 0.538. The summed E-state index contributed by atoms with van der Waals surface area (Å²) in [4.78, 5) is 0.301. The van der Waals surface area contributed by atoms with Gasteiger partial charge in [-0.2, -0.15) is 4.31 Å². The molecule has 0 radical (unpaired) electrons. The van der Waals surface area contributed by atoms with Crippen molar-refractivity contribution < 1.29 is 8.42 Å². The van der Waals surface area contributed by atoms with Crippen LogP contribution < -0.4 is 0 Å². The van der Waals surface area contributed by atoms with Gasteiger partial charge in [-0.15, -0.1) is 0 Å². The van der Waals surface area contributed by atoms with E-state index in [1.807, 2.05) is 0 Å². The van der Waals surface area contributed by atoms with E-state index in [9.17, 15) is 8.42 Å². The predicted molar refractivity (Wildman–Crippen MR) is 89.1 cm³/mol. The fourth-order valence-corrected chi connectivity index (χ4v) is 4.81. The molecule has 7 heteroatoms. The molecule has 1 fully saturated rings. The lowest BCUT2D eigenvalue weighted by Gasteiger charge is -2.36. The number of nitrogens with zero attached hydrogens (tertiary/aromatic N) is 1. The van der Waals surface area contributed by atoms with E-state index < -0.39 is 10.0 Å². The molecule has 112 valence electrons. The molecule has 0 bridgehead atoms. The van der Waals surface area contributed by atoms with Crippen LogP contribution in [0.25, 0.3) is 0 Å². The molecular formula is C13H16Br2ClNO2S. The van der Waals surface area contributed by atoms with E-state index in [2.05, 4.69) is 31.9 Å². The van der Waals surface area contributed by atoms with Crippen LogP contribution in [0.3, 0.4) is 0 Å². The molecule has 0 heterocycles. The molecule has 1 aliphatic rings. The number of sulfonamides is 1. The summed E-state index contributed by atoms with van der Waals surface area (Å²) in [6, 6.07) is 4.91. The Morgan fingerprint density at radius 2 is 2.05 bits per heavy atom. The summed E-state index contributed by atoms with van der Waals surface area (Å²) in [5.74, 6) is 0. The highest BCUT2D eigenvalue weighted by molar-refractivity contribution is 9.10. The maximum atomic E-state index is 12.8. The van der Waals surface area contributed by atoms with Gasteiger partial charge in [0.2, 0.25) is 10.0 Å². The van der Waals surface area contributed by atoms with Gasteiger partial charge in [0.05, 0.1) is 9.92 Å². The molecule has 1 aliphatic carbocycles. The lowest BCUT2D eigenvalue weighted by atomic mass is 9.93. The Labute approximate surface area is 142 Å². The van der Waals surface area contributed by atoms with Crippen molar-refractivity contribution in [2.75, 3.05) is 11.9 Å². The molecule has 1 aromatic rings. The van der Waals surface area contributed by atoms with Gasteiger partial charge in [0, 0.05) is 22.4 Å². The summed E-state index contributed by atoms with van der Waals surface area (Å²) < 4.78 is 27.8. The van der Waals surface area contributed by atoms with Crippen LogP contribution in [0.15, 0.2) is 27.6 Å². The van der Waals surface area contributed by atoms with E-state index in [0.717, 1.165) is 31.0 Å². The summed E-state index contributed by atoms with van der Waals surface area (Å²) in [6.07, 6.45) is 3.83. The summed E-state index contributed by atoms with van der Waals surface area (Å²) in [6.45, 7) is 0.554. The van der Waals surface area contributed by atoms with Crippen LogP contribution in [-0.4, -0.2) is 30.6 Å². The van der Waals surface area contributed by atoms with Crippen molar-refractivity contribution in [3.05, 3.63) is 27.7 Å². The molecule has 0 unspecified atom stereocenters. The second-order valence-electron chi connectivity index (χ2n) is 4.82. The second kappa shape index (κ2) is 7.09. The van der Waals surface area contributed by atoms with Crippen molar-refractivity contribution in [2.45, 2.75) is 36.6 Å². The lowest BCUT2D eigenvalue weighted by Crippen LogP contribution is -2.44. The summed E-state index contributed by atoms with van der Waals surface area (Å²) in [5, 5.41) is 1.32. The van der Waals surface area contributed by atoms with Gasteiger partial charge in [0.25, 0.3) is 0 Å². The van der Waals surface area contributed by atoms with Gasteiger partial charge in [-0.3, -0.25) is 0 Å². The van der Waals surface area contributed by atoms with E-state index in [1.165, 1.54) is 0 Å². The Hall–Kier alpha value is 0.380. The van der Waals surface area contributed by atoms with Crippen molar-refractivity contribution in [1.29, 1.82) is 0 Å². The molecule has 1 aromatic carbocycles. The second-order valence-corrected chi connectivity index (χ2v) is 8.76. The molecular weight excluding hydrogens is 429 g/mol. The van der Waals surface area contributed by atoms with Crippen LogP contribution in [0.1, 0.15) is 25.7 Å². The zero-order valence-corrected chi connectivity index (χ0v) is 15.6. The molecule has 0 amide bonds. The van der Waals surface area contributed by atoms with Crippen LogP contribution in [0.5, 0.6) is 0 Å². The average molecular weight is 446 g/mol. The molecule has 0 N–H and O–H groups in total. The van der Waals surface area contributed by atoms with Gasteiger partial charge >= 0.3 is 0 Å². The Morgan fingerprint density at radius 3 is 2.55 bits per heavy atom. The maximum Gasteiger partial charge on any atom is 0.243 e. The quantitative estimate of drug-likeness (QED) is 0.608. The minimum Gasteiger partial charge on any atom is -0.207 e. The van der Waals surface area contributed by atoms with E-state index in [4.69, 9.17) is 11.6 Å². The topological polar surface area (TPSA) is 37.4 Å². The normalized spacial score (nSPS) is 16.4. The number of alkyl halides is 1. The lowest BCUT2D eigenvalue weighted by molar-refractivity contribution is 0.220. The van der Waals surface area contributed by atoms with E-state index in [-0.39, 0.29) is 6.04 Å². The van der Waals surface area contributed by atoms with E-state index in [1.54, 1.807) is 22.5 Å². The fourth-order valence-electron chi connectivity index (χ4n) is 2.16. The van der Waals surface area contributed by atoms with Gasteiger partial charge < -0.3 is 0 Å². The molecule has 0 atom stereocenters. The minimum atomic E-state index is -3.45. The van der Waals surface area contributed by atoms with Crippen LogP contribution in [-0.2, 0) is 10.0 Å². The molecule has 1 saturated carbocycles. The maximum absolute atomic E-state index is 12.8. The van der Waals surface area contributed by atoms with E-state index in [0.29, 0.717) is 20.9 Å². The predicted octanol–water partition coefficient (Wildman–Crippen LogP) is 4.43. The number of rotatable bonds is 6. The summed E-state index contributed by atoms with van der Waals surface area (Å²) in [7, 11) is -3.45. The Balaban J connectivity index is 2.30. The zero-order chi connectivity index (χ0) is 14.8. The SMILES string of the molecule is O=S(=O)(c1ccc(Cl)c(Br)c1)N(CCCBr)C1CCC1. The molecule has 0 aliphatic heterocycles. The van der Waals surface area contributed by atoms with Gasteiger partial charge in [-0.05, 0) is 53.4 Å².